The Bertz CT molecular complexity index is 282. The summed E-state index contributed by atoms with van der Waals surface area (Å²) < 4.78 is 4.42. The normalized spacial score (nSPS) is 9.73. The molecule has 0 saturated heterocycles. The zero-order valence-electron chi connectivity index (χ0n) is 5.65. The van der Waals surface area contributed by atoms with Crippen LogP contribution in [0.2, 0.25) is 10.0 Å². The second-order valence-corrected chi connectivity index (χ2v) is 2.60. The minimum Gasteiger partial charge on any atom is -0.464 e. The van der Waals surface area contributed by atoms with E-state index in [9.17, 15) is 4.79 Å². The van der Waals surface area contributed by atoms with Crippen molar-refractivity contribution in [3.8, 4) is 0 Å². The zero-order valence-corrected chi connectivity index (χ0v) is 7.16. The first-order valence-corrected chi connectivity index (χ1v) is 3.53. The summed E-state index contributed by atoms with van der Waals surface area (Å²) in [5.74, 6) is -0.526. The van der Waals surface area contributed by atoms with Gasteiger partial charge in [0.15, 0.2) is 0 Å². The Morgan fingerprint density at radius 1 is 1.64 bits per heavy atom. The predicted molar refractivity (Wildman–Crippen MR) is 42.2 cm³/mol. The highest BCUT2D eigenvalue weighted by atomic mass is 35.5. The number of aromatic nitrogens is 1. The van der Waals surface area contributed by atoms with Crippen molar-refractivity contribution in [2.75, 3.05) is 7.11 Å². The molecule has 0 fully saturated rings. The third kappa shape index (κ3) is 1.49. The fourth-order valence-corrected chi connectivity index (χ4v) is 0.968. The van der Waals surface area contributed by atoms with E-state index >= 15 is 0 Å². The number of aromatic amines is 1. The predicted octanol–water partition coefficient (Wildman–Crippen LogP) is 2.11. The van der Waals surface area contributed by atoms with Crippen LogP contribution in [0.1, 0.15) is 10.5 Å². The number of hydrogen-bond donors (Lipinski definition) is 1. The number of ether oxygens (including phenoxy) is 1. The summed E-state index contributed by atoms with van der Waals surface area (Å²) in [6.07, 6.45) is 1.43. The summed E-state index contributed by atoms with van der Waals surface area (Å²) in [4.78, 5) is 13.4. The van der Waals surface area contributed by atoms with Crippen molar-refractivity contribution in [1.29, 1.82) is 0 Å². The van der Waals surface area contributed by atoms with Gasteiger partial charge < -0.3 is 9.72 Å². The molecule has 0 spiro atoms. The van der Waals surface area contributed by atoms with Gasteiger partial charge in [0.1, 0.15) is 5.69 Å². The highest BCUT2D eigenvalue weighted by molar-refractivity contribution is 6.43. The van der Waals surface area contributed by atoms with E-state index in [1.54, 1.807) is 0 Å². The third-order valence-corrected chi connectivity index (χ3v) is 1.95. The second-order valence-electron chi connectivity index (χ2n) is 1.82. The molecular formula is C6H5Cl2NO2. The molecule has 0 bridgehead atoms. The fraction of sp³-hybridized carbons (Fsp3) is 0.167. The van der Waals surface area contributed by atoms with E-state index in [2.05, 4.69) is 9.72 Å². The molecule has 3 nitrogen and oxygen atoms in total. The lowest BCUT2D eigenvalue weighted by Crippen LogP contribution is -2.01. The minimum atomic E-state index is -0.526. The van der Waals surface area contributed by atoms with Crippen molar-refractivity contribution in [3.63, 3.8) is 0 Å². The van der Waals surface area contributed by atoms with E-state index in [0.29, 0.717) is 5.02 Å². The maximum atomic E-state index is 10.9. The van der Waals surface area contributed by atoms with Gasteiger partial charge in [-0.15, -0.1) is 0 Å². The van der Waals surface area contributed by atoms with Gasteiger partial charge in [-0.3, -0.25) is 0 Å². The summed E-state index contributed by atoms with van der Waals surface area (Å²) in [5, 5.41) is 0.505. The topological polar surface area (TPSA) is 42.1 Å². The van der Waals surface area contributed by atoms with Crippen LogP contribution in [0.5, 0.6) is 0 Å². The maximum Gasteiger partial charge on any atom is 0.356 e. The Hall–Kier alpha value is -0.670. The molecule has 0 atom stereocenters. The van der Waals surface area contributed by atoms with Crippen LogP contribution in [0, 0.1) is 0 Å². The SMILES string of the molecule is COC(=O)c1[nH]cc(Cl)c1Cl. The molecule has 1 aromatic rings. The summed E-state index contributed by atoms with van der Waals surface area (Å²) in [5.41, 5.74) is 0.180. The van der Waals surface area contributed by atoms with Crippen molar-refractivity contribution >= 4 is 29.2 Å². The Labute approximate surface area is 73.3 Å². The van der Waals surface area contributed by atoms with Gasteiger partial charge in [-0.05, 0) is 0 Å². The Morgan fingerprint density at radius 3 is 2.64 bits per heavy atom. The molecule has 1 heterocycles. The largest absolute Gasteiger partial charge is 0.464 e. The van der Waals surface area contributed by atoms with E-state index in [1.807, 2.05) is 0 Å². The summed E-state index contributed by atoms with van der Waals surface area (Å²) >= 11 is 11.2. The summed E-state index contributed by atoms with van der Waals surface area (Å²) in [6.45, 7) is 0. The highest BCUT2D eigenvalue weighted by Crippen LogP contribution is 2.25. The van der Waals surface area contributed by atoms with Crippen molar-refractivity contribution < 1.29 is 9.53 Å². The molecule has 0 aliphatic heterocycles. The summed E-state index contributed by atoms with van der Waals surface area (Å²) in [6, 6.07) is 0. The van der Waals surface area contributed by atoms with Gasteiger partial charge in [0.05, 0.1) is 17.2 Å². The Morgan fingerprint density at radius 2 is 2.27 bits per heavy atom. The molecule has 0 aromatic carbocycles. The molecule has 1 N–H and O–H groups in total. The molecule has 0 aliphatic rings. The van der Waals surface area contributed by atoms with Crippen LogP contribution in [-0.4, -0.2) is 18.1 Å². The number of rotatable bonds is 1. The molecule has 60 valence electrons. The fourth-order valence-electron chi connectivity index (χ4n) is 0.632. The average Bonchev–Trinajstić information content (AvgIpc) is 2.32. The van der Waals surface area contributed by atoms with Crippen LogP contribution < -0.4 is 0 Å². The van der Waals surface area contributed by atoms with E-state index in [-0.39, 0.29) is 10.7 Å². The standard InChI is InChI=1S/C6H5Cl2NO2/c1-11-6(10)5-4(8)3(7)2-9-5/h2,9H,1H3. The monoisotopic (exact) mass is 193 g/mol. The molecule has 1 aromatic heterocycles. The van der Waals surface area contributed by atoms with Gasteiger partial charge in [0.2, 0.25) is 0 Å². The molecule has 0 unspecified atom stereocenters. The minimum absolute atomic E-state index is 0.180. The first-order chi connectivity index (χ1) is 5.16. The van der Waals surface area contributed by atoms with Crippen LogP contribution in [0.25, 0.3) is 0 Å². The lowest BCUT2D eigenvalue weighted by atomic mass is 10.4. The second kappa shape index (κ2) is 3.15. The van der Waals surface area contributed by atoms with Crippen molar-refractivity contribution in [3.05, 3.63) is 21.9 Å². The molecular weight excluding hydrogens is 189 g/mol. The molecule has 0 aliphatic carbocycles. The zero-order chi connectivity index (χ0) is 8.43. The number of H-pyrrole nitrogens is 1. The lowest BCUT2D eigenvalue weighted by molar-refractivity contribution is 0.0595. The van der Waals surface area contributed by atoms with E-state index < -0.39 is 5.97 Å². The van der Waals surface area contributed by atoms with Gasteiger partial charge in [0.25, 0.3) is 0 Å². The summed E-state index contributed by atoms with van der Waals surface area (Å²) in [7, 11) is 1.27. The molecule has 0 amide bonds. The van der Waals surface area contributed by atoms with E-state index in [1.165, 1.54) is 13.3 Å². The molecule has 5 heteroatoms. The maximum absolute atomic E-state index is 10.9. The van der Waals surface area contributed by atoms with E-state index in [4.69, 9.17) is 23.2 Å². The number of esters is 1. The van der Waals surface area contributed by atoms with Gasteiger partial charge >= 0.3 is 5.97 Å². The molecule has 0 saturated carbocycles. The first kappa shape index (κ1) is 8.43. The molecule has 0 radical (unpaired) electrons. The number of carbonyl (C=O) groups excluding carboxylic acids is 1. The number of carbonyl (C=O) groups is 1. The quantitative estimate of drug-likeness (QED) is 0.695. The number of halogens is 2. The molecule has 1 rings (SSSR count). The number of hydrogen-bond acceptors (Lipinski definition) is 2. The van der Waals surface area contributed by atoms with Gasteiger partial charge in [-0.2, -0.15) is 0 Å². The first-order valence-electron chi connectivity index (χ1n) is 2.77. The Balaban J connectivity index is 3.04. The Kier molecular flexibility index (Phi) is 2.42. The average molecular weight is 194 g/mol. The van der Waals surface area contributed by atoms with Crippen LogP contribution in [0.4, 0.5) is 0 Å². The van der Waals surface area contributed by atoms with Gasteiger partial charge in [0, 0.05) is 6.20 Å². The van der Waals surface area contributed by atoms with Crippen LogP contribution in [-0.2, 0) is 4.74 Å². The van der Waals surface area contributed by atoms with Gasteiger partial charge in [-0.1, -0.05) is 23.2 Å². The smallest absolute Gasteiger partial charge is 0.356 e. The number of nitrogens with one attached hydrogen (secondary N) is 1. The van der Waals surface area contributed by atoms with Crippen LogP contribution >= 0.6 is 23.2 Å². The van der Waals surface area contributed by atoms with Crippen molar-refractivity contribution in [2.24, 2.45) is 0 Å². The van der Waals surface area contributed by atoms with Gasteiger partial charge in [-0.25, -0.2) is 4.79 Å². The molecule has 11 heavy (non-hydrogen) atoms. The lowest BCUT2D eigenvalue weighted by Gasteiger charge is -1.94. The van der Waals surface area contributed by atoms with Crippen molar-refractivity contribution in [2.45, 2.75) is 0 Å². The van der Waals surface area contributed by atoms with E-state index in [0.717, 1.165) is 0 Å². The van der Waals surface area contributed by atoms with Crippen LogP contribution in [0.15, 0.2) is 6.20 Å². The van der Waals surface area contributed by atoms with Crippen LogP contribution in [0.3, 0.4) is 0 Å². The van der Waals surface area contributed by atoms with Crippen molar-refractivity contribution in [1.82, 2.24) is 4.98 Å². The highest BCUT2D eigenvalue weighted by Gasteiger charge is 2.14. The number of methoxy groups -OCH3 is 1. The third-order valence-electron chi connectivity index (χ3n) is 1.16.